The van der Waals surface area contributed by atoms with Gasteiger partial charge in [-0.05, 0) is 50.1 Å². The molecule has 1 rings (SSSR count). The lowest BCUT2D eigenvalue weighted by molar-refractivity contribution is 0.304. The largest absolute Gasteiger partial charge is 0.319 e. The van der Waals surface area contributed by atoms with E-state index < -0.39 is 11.6 Å². The predicted molar refractivity (Wildman–Crippen MR) is 129 cm³/mol. The van der Waals surface area contributed by atoms with E-state index in [0.717, 1.165) is 36.7 Å². The van der Waals surface area contributed by atoms with Gasteiger partial charge in [-0.3, -0.25) is 5.01 Å². The summed E-state index contributed by atoms with van der Waals surface area (Å²) >= 11 is 5.73. The normalized spacial score (nSPS) is 11.5. The van der Waals surface area contributed by atoms with Gasteiger partial charge in [0, 0.05) is 18.1 Å². The molecule has 0 radical (unpaired) electrons. The lowest BCUT2D eigenvalue weighted by atomic mass is 10.2. The molecule has 172 valence electrons. The maximum absolute atomic E-state index is 13.5. The first-order valence-corrected chi connectivity index (χ1v) is 11.3. The summed E-state index contributed by atoms with van der Waals surface area (Å²) in [4.78, 5) is 0. The van der Waals surface area contributed by atoms with Gasteiger partial charge in [0.25, 0.3) is 0 Å². The maximum Gasteiger partial charge on any atom is 0.159 e. The van der Waals surface area contributed by atoms with Crippen LogP contribution in [0.15, 0.2) is 47.1 Å². The van der Waals surface area contributed by atoms with Crippen LogP contribution < -0.4 is 5.32 Å². The molecule has 0 aliphatic rings. The predicted octanol–water partition coefficient (Wildman–Crippen LogP) is 6.94. The molecule has 3 nitrogen and oxygen atoms in total. The average molecular weight is 444 g/mol. The number of hydrazone groups is 1. The van der Waals surface area contributed by atoms with Crippen LogP contribution in [0.3, 0.4) is 0 Å². The fraction of sp³-hybridized carbons (Fsp3) is 0.542. The Kier molecular flexibility index (Phi) is 20.9. The average Bonchev–Trinajstić information content (AvgIpc) is 2.79. The third-order valence-corrected chi connectivity index (χ3v) is 4.04. The third-order valence-electron chi connectivity index (χ3n) is 3.86. The summed E-state index contributed by atoms with van der Waals surface area (Å²) in [6.07, 6.45) is 7.50. The van der Waals surface area contributed by atoms with Crippen molar-refractivity contribution in [2.45, 2.75) is 60.9 Å². The van der Waals surface area contributed by atoms with E-state index in [0.29, 0.717) is 24.5 Å². The molecule has 0 atom stereocenters. The third kappa shape index (κ3) is 13.5. The zero-order valence-corrected chi connectivity index (χ0v) is 20.5. The molecule has 0 unspecified atom stereocenters. The number of rotatable bonds is 11. The summed E-state index contributed by atoms with van der Waals surface area (Å²) in [6, 6.07) is 3.96. The molecule has 0 spiro atoms. The van der Waals surface area contributed by atoms with Gasteiger partial charge in [0.05, 0.1) is 13.1 Å². The van der Waals surface area contributed by atoms with Gasteiger partial charge < -0.3 is 5.32 Å². The van der Waals surface area contributed by atoms with Crippen LogP contribution >= 0.6 is 11.6 Å². The fourth-order valence-corrected chi connectivity index (χ4v) is 2.48. The molecule has 0 saturated heterocycles. The molecular formula is C24H40ClF2N3. The topological polar surface area (TPSA) is 27.6 Å². The second-order valence-electron chi connectivity index (χ2n) is 5.86. The maximum atomic E-state index is 13.5. The Labute approximate surface area is 187 Å². The molecule has 0 aromatic heterocycles. The van der Waals surface area contributed by atoms with Crippen LogP contribution in [0.2, 0.25) is 0 Å². The molecule has 0 aliphatic carbocycles. The SMILES string of the molecule is C/C=C(\C=C/CCl)CN(Cc1ccc(F)c(F)c1)/N=C(\CC)CCNC.CC.CC. The number of halogens is 3. The molecule has 1 aromatic carbocycles. The number of allylic oxidation sites excluding steroid dienone is 2. The van der Waals surface area contributed by atoms with E-state index in [1.54, 1.807) is 6.07 Å². The molecule has 1 N–H and O–H groups in total. The highest BCUT2D eigenvalue weighted by Gasteiger charge is 2.09. The smallest absolute Gasteiger partial charge is 0.159 e. The highest BCUT2D eigenvalue weighted by atomic mass is 35.5. The van der Waals surface area contributed by atoms with Crippen molar-refractivity contribution >= 4 is 17.3 Å². The van der Waals surface area contributed by atoms with E-state index in [1.165, 1.54) is 6.07 Å². The zero-order valence-electron chi connectivity index (χ0n) is 19.7. The summed E-state index contributed by atoms with van der Waals surface area (Å²) in [7, 11) is 1.90. The van der Waals surface area contributed by atoms with E-state index in [1.807, 2.05) is 64.9 Å². The number of hydrogen-bond donors (Lipinski definition) is 1. The number of alkyl halides is 1. The van der Waals surface area contributed by atoms with E-state index in [9.17, 15) is 8.78 Å². The summed E-state index contributed by atoms with van der Waals surface area (Å²) in [6.45, 7) is 13.8. The van der Waals surface area contributed by atoms with Crippen molar-refractivity contribution in [3.8, 4) is 0 Å². The van der Waals surface area contributed by atoms with Crippen LogP contribution in [0.4, 0.5) is 8.78 Å². The van der Waals surface area contributed by atoms with Crippen molar-refractivity contribution in [1.82, 2.24) is 10.3 Å². The van der Waals surface area contributed by atoms with Crippen LogP contribution in [0.25, 0.3) is 0 Å². The van der Waals surface area contributed by atoms with Crippen LogP contribution in [0.1, 0.15) is 59.9 Å². The first kappa shape index (κ1) is 30.5. The summed E-state index contributed by atoms with van der Waals surface area (Å²) in [5.41, 5.74) is 2.79. The van der Waals surface area contributed by atoms with Gasteiger partial charge >= 0.3 is 0 Å². The monoisotopic (exact) mass is 443 g/mol. The van der Waals surface area contributed by atoms with Crippen molar-refractivity contribution in [3.05, 3.63) is 59.2 Å². The van der Waals surface area contributed by atoms with Gasteiger partial charge in [0.15, 0.2) is 11.6 Å². The number of benzene rings is 1. The lowest BCUT2D eigenvalue weighted by Gasteiger charge is -2.22. The number of nitrogens with zero attached hydrogens (tertiary/aromatic N) is 2. The molecule has 0 bridgehead atoms. The Morgan fingerprint density at radius 2 is 1.83 bits per heavy atom. The van der Waals surface area contributed by atoms with E-state index in [2.05, 4.69) is 12.2 Å². The first-order chi connectivity index (χ1) is 14.5. The van der Waals surface area contributed by atoms with Crippen molar-refractivity contribution in [1.29, 1.82) is 0 Å². The minimum Gasteiger partial charge on any atom is -0.319 e. The Balaban J connectivity index is 0. The molecule has 30 heavy (non-hydrogen) atoms. The molecule has 0 heterocycles. The van der Waals surface area contributed by atoms with Crippen molar-refractivity contribution < 1.29 is 8.78 Å². The van der Waals surface area contributed by atoms with Gasteiger partial charge in [0.2, 0.25) is 0 Å². The molecule has 0 saturated carbocycles. The van der Waals surface area contributed by atoms with Crippen LogP contribution in [0, 0.1) is 11.6 Å². The standard InChI is InChI=1S/C20H28ClF2N3.2C2H6/c1-4-16(7-6-11-21)14-26(25-18(5-2)10-12-24-3)15-17-8-9-19(22)20(23)13-17;2*1-2/h4,6-9,13,24H,5,10-12,14-15H2,1-3H3;2*1-2H3/b7-6-,16-4+,25-18+;;. The number of hydrogen-bond acceptors (Lipinski definition) is 3. The molecule has 1 aromatic rings. The summed E-state index contributed by atoms with van der Waals surface area (Å²) < 4.78 is 26.7. The van der Waals surface area contributed by atoms with E-state index in [4.69, 9.17) is 16.7 Å². The molecule has 0 aliphatic heterocycles. The van der Waals surface area contributed by atoms with Gasteiger partial charge in [-0.15, -0.1) is 11.6 Å². The summed E-state index contributed by atoms with van der Waals surface area (Å²) in [5.74, 6) is -1.25. The molecule has 0 amide bonds. The van der Waals surface area contributed by atoms with Gasteiger partial charge in [-0.25, -0.2) is 8.78 Å². The highest BCUT2D eigenvalue weighted by Crippen LogP contribution is 2.14. The molecule has 6 heteroatoms. The second-order valence-corrected chi connectivity index (χ2v) is 6.17. The van der Waals surface area contributed by atoms with Crippen LogP contribution in [0.5, 0.6) is 0 Å². The Morgan fingerprint density at radius 1 is 1.17 bits per heavy atom. The van der Waals surface area contributed by atoms with E-state index >= 15 is 0 Å². The number of nitrogens with one attached hydrogen (secondary N) is 1. The molecular weight excluding hydrogens is 404 g/mol. The van der Waals surface area contributed by atoms with Crippen molar-refractivity contribution in [3.63, 3.8) is 0 Å². The Bertz CT molecular complexity index is 643. The van der Waals surface area contributed by atoms with Crippen molar-refractivity contribution in [2.75, 3.05) is 26.0 Å². The minimum atomic E-state index is -0.842. The fourth-order valence-electron chi connectivity index (χ4n) is 2.39. The van der Waals surface area contributed by atoms with Gasteiger partial charge in [0.1, 0.15) is 0 Å². The van der Waals surface area contributed by atoms with Gasteiger partial charge in [-0.2, -0.15) is 5.10 Å². The summed E-state index contributed by atoms with van der Waals surface area (Å²) in [5, 5.41) is 9.77. The minimum absolute atomic E-state index is 0.395. The zero-order chi connectivity index (χ0) is 23.4. The quantitative estimate of drug-likeness (QED) is 0.173. The Morgan fingerprint density at radius 3 is 2.33 bits per heavy atom. The van der Waals surface area contributed by atoms with Crippen LogP contribution in [-0.4, -0.2) is 36.7 Å². The first-order valence-electron chi connectivity index (χ1n) is 10.8. The Hall–Kier alpha value is -1.72. The van der Waals surface area contributed by atoms with Crippen molar-refractivity contribution in [2.24, 2.45) is 5.10 Å². The lowest BCUT2D eigenvalue weighted by Crippen LogP contribution is -2.23. The van der Waals surface area contributed by atoms with Gasteiger partial charge in [-0.1, -0.05) is 58.9 Å². The van der Waals surface area contributed by atoms with Crippen LogP contribution in [-0.2, 0) is 6.54 Å². The molecule has 0 fully saturated rings. The highest BCUT2D eigenvalue weighted by molar-refractivity contribution is 6.18. The van der Waals surface area contributed by atoms with E-state index in [-0.39, 0.29) is 0 Å². The second kappa shape index (κ2) is 20.5.